The van der Waals surface area contributed by atoms with Gasteiger partial charge in [0, 0.05) is 18.6 Å². The van der Waals surface area contributed by atoms with Crippen LogP contribution in [0.1, 0.15) is 16.2 Å². The molecule has 0 bridgehead atoms. The molecule has 0 atom stereocenters. The number of hydrogen-bond acceptors (Lipinski definition) is 5. The van der Waals surface area contributed by atoms with Gasteiger partial charge in [-0.3, -0.25) is 14.9 Å². The van der Waals surface area contributed by atoms with Crippen LogP contribution in [-0.4, -0.2) is 31.1 Å². The first-order chi connectivity index (χ1) is 11.4. The number of carbonyl (C=O) groups excluding carboxylic acids is 1. The quantitative estimate of drug-likeness (QED) is 0.767. The molecule has 0 saturated heterocycles. The zero-order valence-electron chi connectivity index (χ0n) is 11.9. The largest absolute Gasteiger partial charge is 0.451 e. The first kappa shape index (κ1) is 15.6. The number of hydrogen-bond donors (Lipinski definition) is 2. The van der Waals surface area contributed by atoms with Crippen LogP contribution in [0, 0.1) is 0 Å². The van der Waals surface area contributed by atoms with Crippen molar-refractivity contribution in [2.24, 2.45) is 0 Å². The molecule has 0 unspecified atom stereocenters. The van der Waals surface area contributed by atoms with Crippen LogP contribution in [0.15, 0.2) is 43.0 Å². The van der Waals surface area contributed by atoms with E-state index >= 15 is 0 Å². The molecule has 7 nitrogen and oxygen atoms in total. The molecule has 3 aromatic heterocycles. The van der Waals surface area contributed by atoms with Gasteiger partial charge in [0.15, 0.2) is 0 Å². The normalized spacial score (nSPS) is 11.3. The number of halogens is 3. The highest BCUT2D eigenvalue weighted by atomic mass is 19.4. The van der Waals surface area contributed by atoms with Crippen LogP contribution in [-0.2, 0) is 6.18 Å². The molecule has 24 heavy (non-hydrogen) atoms. The molecule has 122 valence electrons. The van der Waals surface area contributed by atoms with Crippen molar-refractivity contribution in [3.8, 4) is 11.4 Å². The van der Waals surface area contributed by atoms with Crippen molar-refractivity contribution in [1.29, 1.82) is 0 Å². The molecule has 3 rings (SSSR count). The van der Waals surface area contributed by atoms with Gasteiger partial charge in [0.05, 0.1) is 23.1 Å². The zero-order chi connectivity index (χ0) is 17.2. The molecule has 0 aliphatic carbocycles. The number of anilines is 1. The molecule has 3 heterocycles. The van der Waals surface area contributed by atoms with Crippen LogP contribution in [0.4, 0.5) is 18.9 Å². The molecule has 3 aromatic rings. The fourth-order valence-corrected chi connectivity index (χ4v) is 1.87. The Bertz CT molecular complexity index is 845. The molecular weight excluding hydrogens is 325 g/mol. The Kier molecular flexibility index (Phi) is 3.94. The van der Waals surface area contributed by atoms with E-state index in [0.29, 0.717) is 17.1 Å². The lowest BCUT2D eigenvalue weighted by Crippen LogP contribution is -2.16. The molecule has 0 fully saturated rings. The van der Waals surface area contributed by atoms with E-state index < -0.39 is 17.9 Å². The van der Waals surface area contributed by atoms with Gasteiger partial charge < -0.3 is 5.32 Å². The van der Waals surface area contributed by atoms with Gasteiger partial charge in [-0.1, -0.05) is 6.07 Å². The van der Waals surface area contributed by atoms with Gasteiger partial charge >= 0.3 is 6.18 Å². The number of alkyl halides is 3. The fourth-order valence-electron chi connectivity index (χ4n) is 1.87. The Morgan fingerprint density at radius 1 is 1.08 bits per heavy atom. The predicted octanol–water partition coefficient (Wildman–Crippen LogP) is 2.53. The summed E-state index contributed by atoms with van der Waals surface area (Å²) in [6.45, 7) is 0. The molecule has 0 aromatic carbocycles. The van der Waals surface area contributed by atoms with Gasteiger partial charge in [0.2, 0.25) is 5.82 Å². The lowest BCUT2D eigenvalue weighted by atomic mass is 10.2. The van der Waals surface area contributed by atoms with Crippen LogP contribution in [0.3, 0.4) is 0 Å². The summed E-state index contributed by atoms with van der Waals surface area (Å²) in [6, 6.07) is 5.21. The maximum absolute atomic E-state index is 12.4. The minimum Gasteiger partial charge on any atom is -0.319 e. The number of carbonyl (C=O) groups is 1. The highest BCUT2D eigenvalue weighted by molar-refractivity contribution is 6.05. The van der Waals surface area contributed by atoms with Gasteiger partial charge in [-0.15, -0.1) is 0 Å². The summed E-state index contributed by atoms with van der Waals surface area (Å²) in [5.41, 5.74) is 1.24. The summed E-state index contributed by atoms with van der Waals surface area (Å²) in [5, 5.41) is 9.06. The Hall–Kier alpha value is -3.30. The maximum Gasteiger partial charge on any atom is 0.451 e. The minimum atomic E-state index is -4.66. The van der Waals surface area contributed by atoms with Crippen molar-refractivity contribution in [3.63, 3.8) is 0 Å². The van der Waals surface area contributed by atoms with Crippen molar-refractivity contribution in [3.05, 3.63) is 54.4 Å². The summed E-state index contributed by atoms with van der Waals surface area (Å²) in [7, 11) is 0. The van der Waals surface area contributed by atoms with Crippen LogP contribution in [0.2, 0.25) is 0 Å². The van der Waals surface area contributed by atoms with E-state index in [4.69, 9.17) is 0 Å². The number of aromatic amines is 1. The number of amides is 1. The summed E-state index contributed by atoms with van der Waals surface area (Å²) in [5.74, 6) is -1.97. The molecule has 0 aliphatic rings. The van der Waals surface area contributed by atoms with Crippen molar-refractivity contribution in [2.75, 3.05) is 5.32 Å². The smallest absolute Gasteiger partial charge is 0.319 e. The molecule has 1 amide bonds. The SMILES string of the molecule is O=C(Nc1cn[nH]c1-c1ccccn1)c1cnc(C(F)(F)F)nc1. The predicted molar refractivity (Wildman–Crippen MR) is 76.8 cm³/mol. The van der Waals surface area contributed by atoms with E-state index in [9.17, 15) is 18.0 Å². The fraction of sp³-hybridized carbons (Fsp3) is 0.0714. The first-order valence-corrected chi connectivity index (χ1v) is 6.60. The lowest BCUT2D eigenvalue weighted by molar-refractivity contribution is -0.145. The Morgan fingerprint density at radius 3 is 2.46 bits per heavy atom. The summed E-state index contributed by atoms with van der Waals surface area (Å²) in [6.07, 6.45) is -0.0958. The molecule has 0 spiro atoms. The molecule has 2 N–H and O–H groups in total. The third-order valence-electron chi connectivity index (χ3n) is 2.98. The van der Waals surface area contributed by atoms with Gasteiger partial charge in [0.1, 0.15) is 5.69 Å². The van der Waals surface area contributed by atoms with Gasteiger partial charge in [0.25, 0.3) is 5.91 Å². The van der Waals surface area contributed by atoms with E-state index in [1.807, 2.05) is 0 Å². The van der Waals surface area contributed by atoms with Crippen molar-refractivity contribution < 1.29 is 18.0 Å². The number of nitrogens with one attached hydrogen (secondary N) is 2. The Labute approximate surface area is 133 Å². The van der Waals surface area contributed by atoms with Gasteiger partial charge in [-0.2, -0.15) is 18.3 Å². The molecule has 0 saturated carbocycles. The molecule has 10 heteroatoms. The second-order valence-electron chi connectivity index (χ2n) is 4.62. The maximum atomic E-state index is 12.4. The number of aromatic nitrogens is 5. The number of H-pyrrole nitrogens is 1. The highest BCUT2D eigenvalue weighted by Crippen LogP contribution is 2.26. The third-order valence-corrected chi connectivity index (χ3v) is 2.98. The second-order valence-corrected chi connectivity index (χ2v) is 4.62. The van der Waals surface area contributed by atoms with Crippen molar-refractivity contribution in [2.45, 2.75) is 6.18 Å². The van der Waals surface area contributed by atoms with Crippen LogP contribution >= 0.6 is 0 Å². The van der Waals surface area contributed by atoms with E-state index in [-0.39, 0.29) is 5.56 Å². The topological polar surface area (TPSA) is 96.5 Å². The van der Waals surface area contributed by atoms with Gasteiger partial charge in [-0.05, 0) is 12.1 Å². The minimum absolute atomic E-state index is 0.115. The molecule has 0 radical (unpaired) electrons. The van der Waals surface area contributed by atoms with Crippen molar-refractivity contribution >= 4 is 11.6 Å². The average Bonchev–Trinajstić information content (AvgIpc) is 3.03. The second kappa shape index (κ2) is 6.07. The molecule has 0 aliphatic heterocycles. The average molecular weight is 334 g/mol. The van der Waals surface area contributed by atoms with E-state index in [2.05, 4.69) is 30.5 Å². The van der Waals surface area contributed by atoms with Crippen molar-refractivity contribution in [1.82, 2.24) is 25.1 Å². The van der Waals surface area contributed by atoms with Crippen LogP contribution in [0.5, 0.6) is 0 Å². The van der Waals surface area contributed by atoms with E-state index in [0.717, 1.165) is 12.4 Å². The van der Waals surface area contributed by atoms with Crippen LogP contribution in [0.25, 0.3) is 11.4 Å². The monoisotopic (exact) mass is 334 g/mol. The standard InChI is InChI=1S/C14H9F3N6O/c15-14(16,17)13-19-5-8(6-20-13)12(24)22-10-7-21-23-11(10)9-3-1-2-4-18-9/h1-7H,(H,21,23)(H,22,24). The summed E-state index contributed by atoms with van der Waals surface area (Å²) in [4.78, 5) is 22.5. The summed E-state index contributed by atoms with van der Waals surface area (Å²) >= 11 is 0. The van der Waals surface area contributed by atoms with Gasteiger partial charge in [-0.25, -0.2) is 9.97 Å². The summed E-state index contributed by atoms with van der Waals surface area (Å²) < 4.78 is 37.3. The lowest BCUT2D eigenvalue weighted by Gasteiger charge is -2.07. The number of nitrogens with zero attached hydrogens (tertiary/aromatic N) is 4. The molecular formula is C14H9F3N6O. The Morgan fingerprint density at radius 2 is 1.83 bits per heavy atom. The van der Waals surface area contributed by atoms with E-state index in [1.54, 1.807) is 24.4 Å². The first-order valence-electron chi connectivity index (χ1n) is 6.60. The Balaban J connectivity index is 1.80. The third kappa shape index (κ3) is 3.21. The zero-order valence-corrected chi connectivity index (χ0v) is 11.9. The number of pyridine rings is 1. The number of rotatable bonds is 3. The van der Waals surface area contributed by atoms with Crippen LogP contribution < -0.4 is 5.32 Å². The highest BCUT2D eigenvalue weighted by Gasteiger charge is 2.34. The van der Waals surface area contributed by atoms with E-state index in [1.165, 1.54) is 6.20 Å².